The van der Waals surface area contributed by atoms with Crippen LogP contribution in [0, 0.1) is 0 Å². The van der Waals surface area contributed by atoms with Crippen molar-refractivity contribution < 1.29 is 8.42 Å². The maximum Gasteiger partial charge on any atom is 0.214 e. The van der Waals surface area contributed by atoms with E-state index < -0.39 is 10.0 Å². The van der Waals surface area contributed by atoms with E-state index in [1.54, 1.807) is 11.4 Å². The first-order valence-corrected chi connectivity index (χ1v) is 11.8. The highest BCUT2D eigenvalue weighted by Crippen LogP contribution is 2.20. The fourth-order valence-electron chi connectivity index (χ4n) is 4.03. The van der Waals surface area contributed by atoms with Crippen molar-refractivity contribution in [2.24, 2.45) is 4.99 Å². The zero-order chi connectivity index (χ0) is 20.0. The van der Waals surface area contributed by atoms with Gasteiger partial charge in [-0.25, -0.2) is 12.7 Å². The molecular weight excluding hydrogens is 501 g/mol. The minimum atomic E-state index is -3.03. The Morgan fingerprint density at radius 3 is 2.62 bits per heavy atom. The van der Waals surface area contributed by atoms with Gasteiger partial charge in [-0.2, -0.15) is 0 Å². The van der Waals surface area contributed by atoms with E-state index in [9.17, 15) is 8.42 Å². The van der Waals surface area contributed by atoms with Crippen molar-refractivity contribution in [2.45, 2.75) is 44.8 Å². The standard InChI is InChI=1S/C20H33N5O2S.HI/c1-17-15-19(9-12-24(17)16-18-7-4-3-5-8-18)23-20(21-2)22-10-13-25-11-6-14-28(25,26)27;/h3-5,7-8,17,19H,6,9-16H2,1-2H3,(H2,21,22,23);1H. The van der Waals surface area contributed by atoms with Gasteiger partial charge in [0.15, 0.2) is 5.96 Å². The number of rotatable bonds is 6. The summed E-state index contributed by atoms with van der Waals surface area (Å²) in [5, 5.41) is 6.78. The van der Waals surface area contributed by atoms with E-state index in [-0.39, 0.29) is 29.7 Å². The number of piperidine rings is 1. The summed E-state index contributed by atoms with van der Waals surface area (Å²) in [5.74, 6) is 1.03. The van der Waals surface area contributed by atoms with Crippen molar-refractivity contribution in [2.75, 3.05) is 39.0 Å². The molecule has 29 heavy (non-hydrogen) atoms. The molecule has 2 aliphatic rings. The maximum absolute atomic E-state index is 11.9. The summed E-state index contributed by atoms with van der Waals surface area (Å²) in [5.41, 5.74) is 1.36. The number of aliphatic imine (C=N–C) groups is 1. The van der Waals surface area contributed by atoms with Gasteiger partial charge in [0.05, 0.1) is 5.75 Å². The van der Waals surface area contributed by atoms with Crippen LogP contribution in [0.3, 0.4) is 0 Å². The van der Waals surface area contributed by atoms with Crippen LogP contribution in [0.4, 0.5) is 0 Å². The second-order valence-electron chi connectivity index (χ2n) is 7.74. The highest BCUT2D eigenvalue weighted by atomic mass is 127. The van der Waals surface area contributed by atoms with Crippen LogP contribution in [0.5, 0.6) is 0 Å². The molecule has 3 rings (SSSR count). The molecular formula is C20H34IN5O2S. The topological polar surface area (TPSA) is 77.0 Å². The molecule has 0 aromatic heterocycles. The third-order valence-corrected chi connectivity index (χ3v) is 7.62. The van der Waals surface area contributed by atoms with Crippen LogP contribution in [0.25, 0.3) is 0 Å². The zero-order valence-corrected chi connectivity index (χ0v) is 20.5. The van der Waals surface area contributed by atoms with Gasteiger partial charge in [0, 0.05) is 51.9 Å². The molecule has 164 valence electrons. The quantitative estimate of drug-likeness (QED) is 0.331. The predicted octanol–water partition coefficient (Wildman–Crippen LogP) is 1.86. The van der Waals surface area contributed by atoms with E-state index in [0.717, 1.165) is 38.3 Å². The lowest BCUT2D eigenvalue weighted by Crippen LogP contribution is -2.52. The van der Waals surface area contributed by atoms with Gasteiger partial charge in [-0.15, -0.1) is 24.0 Å². The molecule has 7 nitrogen and oxygen atoms in total. The molecule has 0 radical (unpaired) electrons. The molecule has 0 saturated carbocycles. The SMILES string of the molecule is CN=C(NCCN1CCCS1(=O)=O)NC1CCN(Cc2ccccc2)C(C)C1.I. The van der Waals surface area contributed by atoms with Gasteiger partial charge >= 0.3 is 0 Å². The first-order chi connectivity index (χ1) is 13.5. The average Bonchev–Trinajstić information content (AvgIpc) is 3.02. The molecule has 2 saturated heterocycles. The van der Waals surface area contributed by atoms with E-state index in [4.69, 9.17) is 0 Å². The lowest BCUT2D eigenvalue weighted by Gasteiger charge is -2.38. The van der Waals surface area contributed by atoms with Crippen LogP contribution >= 0.6 is 24.0 Å². The van der Waals surface area contributed by atoms with Gasteiger partial charge in [0.25, 0.3) is 0 Å². The number of likely N-dealkylation sites (tertiary alicyclic amines) is 1. The molecule has 0 spiro atoms. The van der Waals surface area contributed by atoms with Crippen LogP contribution in [-0.2, 0) is 16.6 Å². The second kappa shape index (κ2) is 11.5. The fraction of sp³-hybridized carbons (Fsp3) is 0.650. The third-order valence-electron chi connectivity index (χ3n) is 5.66. The molecule has 2 heterocycles. The summed E-state index contributed by atoms with van der Waals surface area (Å²) in [6.07, 6.45) is 2.86. The van der Waals surface area contributed by atoms with Crippen molar-refractivity contribution in [3.05, 3.63) is 35.9 Å². The Bertz CT molecular complexity index is 759. The van der Waals surface area contributed by atoms with E-state index in [2.05, 4.69) is 57.8 Å². The number of hydrogen-bond acceptors (Lipinski definition) is 4. The lowest BCUT2D eigenvalue weighted by molar-refractivity contribution is 0.134. The Balaban J connectivity index is 0.00000300. The molecule has 2 unspecified atom stereocenters. The Morgan fingerprint density at radius 2 is 2.00 bits per heavy atom. The Morgan fingerprint density at radius 1 is 1.24 bits per heavy atom. The number of nitrogens with zero attached hydrogens (tertiary/aromatic N) is 3. The number of guanidine groups is 1. The van der Waals surface area contributed by atoms with Crippen molar-refractivity contribution >= 4 is 40.0 Å². The highest BCUT2D eigenvalue weighted by Gasteiger charge is 2.28. The second-order valence-corrected chi connectivity index (χ2v) is 9.83. The summed E-state index contributed by atoms with van der Waals surface area (Å²) in [6.45, 7) is 6.03. The lowest BCUT2D eigenvalue weighted by atomic mass is 9.97. The molecule has 1 aromatic carbocycles. The van der Waals surface area contributed by atoms with Crippen molar-refractivity contribution in [3.63, 3.8) is 0 Å². The monoisotopic (exact) mass is 535 g/mol. The van der Waals surface area contributed by atoms with Gasteiger partial charge in [-0.05, 0) is 31.7 Å². The third kappa shape index (κ3) is 7.08. The van der Waals surface area contributed by atoms with Gasteiger partial charge in [0.1, 0.15) is 0 Å². The first-order valence-electron chi connectivity index (χ1n) is 10.2. The Labute approximate surface area is 192 Å². The fourth-order valence-corrected chi connectivity index (χ4v) is 5.56. The number of hydrogen-bond donors (Lipinski definition) is 2. The molecule has 0 amide bonds. The predicted molar refractivity (Wildman–Crippen MR) is 129 cm³/mol. The van der Waals surface area contributed by atoms with E-state index >= 15 is 0 Å². The van der Waals surface area contributed by atoms with Gasteiger partial charge < -0.3 is 10.6 Å². The van der Waals surface area contributed by atoms with E-state index in [0.29, 0.717) is 31.7 Å². The Hall–Kier alpha value is -0.910. The molecule has 2 N–H and O–H groups in total. The van der Waals surface area contributed by atoms with Crippen molar-refractivity contribution in [1.82, 2.24) is 19.8 Å². The number of nitrogens with one attached hydrogen (secondary N) is 2. The largest absolute Gasteiger partial charge is 0.355 e. The van der Waals surface area contributed by atoms with Crippen molar-refractivity contribution in [3.8, 4) is 0 Å². The molecule has 2 fully saturated rings. The van der Waals surface area contributed by atoms with Crippen LogP contribution in [-0.4, -0.2) is 74.6 Å². The van der Waals surface area contributed by atoms with Crippen molar-refractivity contribution in [1.29, 1.82) is 0 Å². The number of sulfonamides is 1. The van der Waals surface area contributed by atoms with Crippen LogP contribution in [0.1, 0.15) is 31.7 Å². The maximum atomic E-state index is 11.9. The molecule has 2 aliphatic heterocycles. The Kier molecular flexibility index (Phi) is 9.64. The van der Waals surface area contributed by atoms with Gasteiger partial charge in [0.2, 0.25) is 10.0 Å². The van der Waals surface area contributed by atoms with Crippen LogP contribution in [0.2, 0.25) is 0 Å². The molecule has 0 aliphatic carbocycles. The van der Waals surface area contributed by atoms with E-state index in [1.807, 2.05) is 0 Å². The summed E-state index contributed by atoms with van der Waals surface area (Å²) < 4.78 is 25.3. The summed E-state index contributed by atoms with van der Waals surface area (Å²) in [6, 6.07) is 11.5. The molecule has 1 aromatic rings. The molecule has 0 bridgehead atoms. The zero-order valence-electron chi connectivity index (χ0n) is 17.4. The first kappa shape index (κ1) is 24.4. The summed E-state index contributed by atoms with van der Waals surface area (Å²) in [7, 11) is -1.27. The number of benzene rings is 1. The smallest absolute Gasteiger partial charge is 0.214 e. The van der Waals surface area contributed by atoms with Gasteiger partial charge in [-0.1, -0.05) is 30.3 Å². The minimum absolute atomic E-state index is 0. The van der Waals surface area contributed by atoms with Gasteiger partial charge in [-0.3, -0.25) is 9.89 Å². The summed E-state index contributed by atoms with van der Waals surface area (Å²) >= 11 is 0. The summed E-state index contributed by atoms with van der Waals surface area (Å²) in [4.78, 5) is 6.84. The molecule has 9 heteroatoms. The van der Waals surface area contributed by atoms with Crippen LogP contribution < -0.4 is 10.6 Å². The normalized spacial score (nSPS) is 25.4. The number of halogens is 1. The highest BCUT2D eigenvalue weighted by molar-refractivity contribution is 14.0. The molecule has 2 atom stereocenters. The van der Waals surface area contributed by atoms with E-state index in [1.165, 1.54) is 5.56 Å². The minimum Gasteiger partial charge on any atom is -0.355 e. The van der Waals surface area contributed by atoms with Crippen LogP contribution in [0.15, 0.2) is 35.3 Å². The average molecular weight is 535 g/mol.